The molecule has 0 saturated carbocycles. The van der Waals surface area contributed by atoms with Crippen molar-refractivity contribution in [2.75, 3.05) is 13.1 Å². The van der Waals surface area contributed by atoms with Crippen LogP contribution < -0.4 is 10.6 Å². The number of hydrogen-bond donors (Lipinski definition) is 2. The maximum atomic E-state index is 13.3. The van der Waals surface area contributed by atoms with Gasteiger partial charge in [-0.2, -0.15) is 0 Å². The van der Waals surface area contributed by atoms with Gasteiger partial charge in [-0.15, -0.1) is 0 Å². The van der Waals surface area contributed by atoms with Gasteiger partial charge >= 0.3 is 0 Å². The van der Waals surface area contributed by atoms with Gasteiger partial charge in [0.1, 0.15) is 6.17 Å². The molecule has 12 heavy (non-hydrogen) atoms. The SMILES string of the molecule is CC(C)(C)N[C@@H]1CCNC[C@H]1F. The molecule has 1 heterocycles. The molecule has 0 amide bonds. The van der Waals surface area contributed by atoms with Crippen molar-refractivity contribution in [1.29, 1.82) is 0 Å². The number of hydrogen-bond acceptors (Lipinski definition) is 2. The van der Waals surface area contributed by atoms with Crippen molar-refractivity contribution in [3.63, 3.8) is 0 Å². The normalized spacial score (nSPS) is 32.0. The van der Waals surface area contributed by atoms with Crippen LogP contribution in [0.3, 0.4) is 0 Å². The first-order valence-corrected chi connectivity index (χ1v) is 4.61. The minimum Gasteiger partial charge on any atom is -0.314 e. The first kappa shape index (κ1) is 9.93. The van der Waals surface area contributed by atoms with Crippen LogP contribution in [-0.4, -0.2) is 30.8 Å². The predicted molar refractivity (Wildman–Crippen MR) is 49.1 cm³/mol. The number of rotatable bonds is 1. The molecule has 1 aliphatic rings. The van der Waals surface area contributed by atoms with Gasteiger partial charge in [-0.3, -0.25) is 0 Å². The highest BCUT2D eigenvalue weighted by atomic mass is 19.1. The van der Waals surface area contributed by atoms with Crippen LogP contribution in [0.4, 0.5) is 4.39 Å². The predicted octanol–water partition coefficient (Wildman–Crippen LogP) is 1.07. The summed E-state index contributed by atoms with van der Waals surface area (Å²) in [6.45, 7) is 7.63. The molecular weight excluding hydrogens is 155 g/mol. The van der Waals surface area contributed by atoms with E-state index in [9.17, 15) is 4.39 Å². The summed E-state index contributed by atoms with van der Waals surface area (Å²) in [4.78, 5) is 0. The highest BCUT2D eigenvalue weighted by Gasteiger charge is 2.27. The molecule has 0 unspecified atom stereocenters. The molecule has 1 aliphatic heterocycles. The molecule has 1 saturated heterocycles. The first-order chi connectivity index (χ1) is 5.49. The van der Waals surface area contributed by atoms with Crippen LogP contribution in [0.1, 0.15) is 27.2 Å². The molecule has 0 aliphatic carbocycles. The third-order valence-electron chi connectivity index (χ3n) is 2.03. The Bertz CT molecular complexity index is 142. The molecule has 0 bridgehead atoms. The lowest BCUT2D eigenvalue weighted by Crippen LogP contribution is -2.54. The Kier molecular flexibility index (Phi) is 3.07. The molecule has 3 heteroatoms. The number of nitrogens with one attached hydrogen (secondary N) is 2. The average Bonchev–Trinajstić information content (AvgIpc) is 1.91. The minimum atomic E-state index is -0.738. The van der Waals surface area contributed by atoms with Gasteiger partial charge in [0.25, 0.3) is 0 Å². The second-order valence-electron chi connectivity index (χ2n) is 4.51. The topological polar surface area (TPSA) is 24.1 Å². The van der Waals surface area contributed by atoms with E-state index in [1.54, 1.807) is 0 Å². The summed E-state index contributed by atoms with van der Waals surface area (Å²) in [6.07, 6.45) is 0.149. The average molecular weight is 174 g/mol. The van der Waals surface area contributed by atoms with Gasteiger partial charge in [0, 0.05) is 18.1 Å². The molecule has 0 spiro atoms. The summed E-state index contributed by atoms with van der Waals surface area (Å²) in [5.74, 6) is 0. The molecule has 1 fully saturated rings. The Morgan fingerprint density at radius 1 is 1.42 bits per heavy atom. The van der Waals surface area contributed by atoms with E-state index >= 15 is 0 Å². The van der Waals surface area contributed by atoms with Crippen LogP contribution in [-0.2, 0) is 0 Å². The molecule has 0 aromatic carbocycles. The third kappa shape index (κ3) is 3.07. The second kappa shape index (κ2) is 3.71. The monoisotopic (exact) mass is 174 g/mol. The molecule has 0 aromatic rings. The van der Waals surface area contributed by atoms with Crippen molar-refractivity contribution in [1.82, 2.24) is 10.6 Å². The van der Waals surface area contributed by atoms with Gasteiger partial charge in [0.2, 0.25) is 0 Å². The van der Waals surface area contributed by atoms with Crippen LogP contribution >= 0.6 is 0 Å². The minimum absolute atomic E-state index is 0.0202. The summed E-state index contributed by atoms with van der Waals surface area (Å²) in [6, 6.07) is 0.0336. The largest absolute Gasteiger partial charge is 0.314 e. The summed E-state index contributed by atoms with van der Waals surface area (Å²) < 4.78 is 13.3. The Balaban J connectivity index is 2.39. The molecule has 2 nitrogen and oxygen atoms in total. The second-order valence-corrected chi connectivity index (χ2v) is 4.51. The maximum absolute atomic E-state index is 13.3. The Hall–Kier alpha value is -0.150. The van der Waals surface area contributed by atoms with E-state index in [1.807, 2.05) is 0 Å². The fourth-order valence-electron chi connectivity index (χ4n) is 1.54. The summed E-state index contributed by atoms with van der Waals surface area (Å²) >= 11 is 0. The van der Waals surface area contributed by atoms with Gasteiger partial charge in [-0.05, 0) is 33.7 Å². The summed E-state index contributed by atoms with van der Waals surface area (Å²) in [5, 5.41) is 6.33. The van der Waals surface area contributed by atoms with Gasteiger partial charge in [-0.1, -0.05) is 0 Å². The van der Waals surface area contributed by atoms with Crippen molar-refractivity contribution in [2.24, 2.45) is 0 Å². The van der Waals surface area contributed by atoms with Crippen LogP contribution in [0.25, 0.3) is 0 Å². The van der Waals surface area contributed by atoms with Crippen molar-refractivity contribution in [2.45, 2.75) is 44.9 Å². The van der Waals surface area contributed by atoms with E-state index in [1.165, 1.54) is 0 Å². The van der Waals surface area contributed by atoms with Gasteiger partial charge in [-0.25, -0.2) is 4.39 Å². The zero-order valence-electron chi connectivity index (χ0n) is 8.15. The molecule has 0 aromatic heterocycles. The number of piperidine rings is 1. The lowest BCUT2D eigenvalue weighted by atomic mass is 10.00. The Labute approximate surface area is 73.9 Å². The standard InChI is InChI=1S/C9H19FN2/c1-9(2,3)12-8-4-5-11-6-7(8)10/h7-8,11-12H,4-6H2,1-3H3/t7-,8-/m1/s1. The fourth-order valence-corrected chi connectivity index (χ4v) is 1.54. The summed E-state index contributed by atoms with van der Waals surface area (Å²) in [5.41, 5.74) is 0.0202. The zero-order chi connectivity index (χ0) is 9.19. The number of halogens is 1. The molecule has 1 rings (SSSR count). The third-order valence-corrected chi connectivity index (χ3v) is 2.03. The van der Waals surface area contributed by atoms with Crippen molar-refractivity contribution < 1.29 is 4.39 Å². The van der Waals surface area contributed by atoms with E-state index in [2.05, 4.69) is 31.4 Å². The summed E-state index contributed by atoms with van der Waals surface area (Å²) in [7, 11) is 0. The van der Waals surface area contributed by atoms with Crippen molar-refractivity contribution in [3.8, 4) is 0 Å². The van der Waals surface area contributed by atoms with E-state index in [0.29, 0.717) is 6.54 Å². The van der Waals surface area contributed by atoms with Gasteiger partial charge < -0.3 is 10.6 Å². The highest BCUT2D eigenvalue weighted by molar-refractivity contribution is 4.87. The molecular formula is C9H19FN2. The van der Waals surface area contributed by atoms with Crippen LogP contribution in [0.15, 0.2) is 0 Å². The fraction of sp³-hybridized carbons (Fsp3) is 1.00. The molecule has 72 valence electrons. The van der Waals surface area contributed by atoms with Crippen LogP contribution in [0.5, 0.6) is 0 Å². The zero-order valence-corrected chi connectivity index (χ0v) is 8.15. The lowest BCUT2D eigenvalue weighted by Gasteiger charge is -2.33. The smallest absolute Gasteiger partial charge is 0.128 e. The molecule has 2 N–H and O–H groups in total. The molecule has 0 radical (unpaired) electrons. The first-order valence-electron chi connectivity index (χ1n) is 4.61. The van der Waals surface area contributed by atoms with Crippen molar-refractivity contribution in [3.05, 3.63) is 0 Å². The Morgan fingerprint density at radius 2 is 2.08 bits per heavy atom. The highest BCUT2D eigenvalue weighted by Crippen LogP contribution is 2.11. The number of alkyl halides is 1. The van der Waals surface area contributed by atoms with Crippen LogP contribution in [0, 0.1) is 0 Å². The van der Waals surface area contributed by atoms with E-state index in [4.69, 9.17) is 0 Å². The van der Waals surface area contributed by atoms with Gasteiger partial charge in [0.15, 0.2) is 0 Å². The quantitative estimate of drug-likeness (QED) is 0.621. The molecule has 2 atom stereocenters. The Morgan fingerprint density at radius 3 is 2.58 bits per heavy atom. The van der Waals surface area contributed by atoms with E-state index in [0.717, 1.165) is 13.0 Å². The van der Waals surface area contributed by atoms with Crippen molar-refractivity contribution >= 4 is 0 Å². The maximum Gasteiger partial charge on any atom is 0.128 e. The van der Waals surface area contributed by atoms with E-state index < -0.39 is 6.17 Å². The van der Waals surface area contributed by atoms with E-state index in [-0.39, 0.29) is 11.6 Å². The van der Waals surface area contributed by atoms with Crippen LogP contribution in [0.2, 0.25) is 0 Å². The lowest BCUT2D eigenvalue weighted by molar-refractivity contribution is 0.176. The van der Waals surface area contributed by atoms with Gasteiger partial charge in [0.05, 0.1) is 0 Å².